The number of nitrogens with zero attached hydrogens (tertiary/aromatic N) is 2. The summed E-state index contributed by atoms with van der Waals surface area (Å²) in [5.41, 5.74) is 0. The molecule has 0 saturated heterocycles. The van der Waals surface area contributed by atoms with Crippen molar-refractivity contribution in [3.63, 3.8) is 0 Å². The van der Waals surface area contributed by atoms with E-state index in [1.165, 1.54) is 15.7 Å². The summed E-state index contributed by atoms with van der Waals surface area (Å²) in [4.78, 5) is 4.53. The molecule has 0 aliphatic carbocycles. The fourth-order valence-corrected chi connectivity index (χ4v) is 3.90. The van der Waals surface area contributed by atoms with Gasteiger partial charge in [0.15, 0.2) is 15.1 Å². The third kappa shape index (κ3) is 2.67. The third-order valence-electron chi connectivity index (χ3n) is 2.18. The molecule has 0 fully saturated rings. The van der Waals surface area contributed by atoms with Crippen LogP contribution in [0.4, 0.5) is 0 Å². The van der Waals surface area contributed by atoms with E-state index in [4.69, 9.17) is 16.3 Å². The molecule has 0 amide bonds. The van der Waals surface area contributed by atoms with Crippen LogP contribution in [-0.2, 0) is 14.8 Å². The fourth-order valence-electron chi connectivity index (χ4n) is 1.44. The van der Waals surface area contributed by atoms with Crippen molar-refractivity contribution in [2.24, 2.45) is 0 Å². The van der Waals surface area contributed by atoms with E-state index in [0.717, 1.165) is 0 Å². The highest BCUT2D eigenvalue weighted by molar-refractivity contribution is 7.89. The lowest BCUT2D eigenvalue weighted by Gasteiger charge is -2.06. The summed E-state index contributed by atoms with van der Waals surface area (Å²) in [5.74, 6) is 0. The minimum atomic E-state index is -3.68. The summed E-state index contributed by atoms with van der Waals surface area (Å²) in [5, 5.41) is 1.69. The lowest BCUT2D eigenvalue weighted by Crippen LogP contribution is -2.28. The summed E-state index contributed by atoms with van der Waals surface area (Å²) >= 11 is 7.18. The van der Waals surface area contributed by atoms with Crippen LogP contribution in [-0.4, -0.2) is 37.6 Å². The Bertz CT molecular complexity index is 635. The standard InChI is InChI=1S/C9H12ClN3O3S2/c1-2-16-5-3-11-18(14,15)8-7(10)12-9-13(8)4-6-17-9/h4,6,11H,2-3,5H2,1H3. The Balaban J connectivity index is 2.23. The second kappa shape index (κ2) is 5.54. The molecule has 0 spiro atoms. The molecule has 0 atom stereocenters. The Morgan fingerprint density at radius 1 is 1.61 bits per heavy atom. The number of hydrogen-bond acceptors (Lipinski definition) is 5. The third-order valence-corrected chi connectivity index (χ3v) is 4.79. The highest BCUT2D eigenvalue weighted by Crippen LogP contribution is 2.24. The number of fused-ring (bicyclic) bond motifs is 1. The summed E-state index contributed by atoms with van der Waals surface area (Å²) in [6.07, 6.45) is 1.62. The van der Waals surface area contributed by atoms with Crippen molar-refractivity contribution >= 4 is 37.9 Å². The van der Waals surface area contributed by atoms with Crippen molar-refractivity contribution < 1.29 is 13.2 Å². The van der Waals surface area contributed by atoms with E-state index in [9.17, 15) is 8.42 Å². The molecule has 2 rings (SSSR count). The molecule has 0 aliphatic rings. The number of aromatic nitrogens is 2. The first kappa shape index (κ1) is 13.8. The van der Waals surface area contributed by atoms with E-state index >= 15 is 0 Å². The summed E-state index contributed by atoms with van der Waals surface area (Å²) in [6.45, 7) is 2.91. The highest BCUT2D eigenvalue weighted by Gasteiger charge is 2.24. The number of sulfonamides is 1. The first-order valence-corrected chi connectivity index (χ1v) is 7.99. The number of nitrogens with one attached hydrogen (secondary N) is 1. The maximum Gasteiger partial charge on any atom is 0.259 e. The SMILES string of the molecule is CCOCCNS(=O)(=O)c1c(Cl)nc2sccn12. The monoisotopic (exact) mass is 309 g/mol. The minimum absolute atomic E-state index is 0.0224. The summed E-state index contributed by atoms with van der Waals surface area (Å²) < 4.78 is 33.1. The minimum Gasteiger partial charge on any atom is -0.380 e. The second-order valence-corrected chi connectivity index (χ2v) is 6.27. The van der Waals surface area contributed by atoms with Crippen LogP contribution < -0.4 is 4.72 Å². The number of halogens is 1. The Kier molecular flexibility index (Phi) is 4.23. The molecule has 0 saturated carbocycles. The van der Waals surface area contributed by atoms with Gasteiger partial charge in [-0.25, -0.2) is 18.1 Å². The van der Waals surface area contributed by atoms with E-state index in [1.807, 2.05) is 6.92 Å². The highest BCUT2D eigenvalue weighted by atomic mass is 35.5. The van der Waals surface area contributed by atoms with Gasteiger partial charge in [0.05, 0.1) is 6.61 Å². The van der Waals surface area contributed by atoms with E-state index in [0.29, 0.717) is 18.2 Å². The van der Waals surface area contributed by atoms with Gasteiger partial charge in [-0.2, -0.15) is 0 Å². The van der Waals surface area contributed by atoms with Crippen LogP contribution in [0.5, 0.6) is 0 Å². The zero-order valence-electron chi connectivity index (χ0n) is 9.59. The maximum absolute atomic E-state index is 12.1. The van der Waals surface area contributed by atoms with Gasteiger partial charge in [-0.15, -0.1) is 11.3 Å². The van der Waals surface area contributed by atoms with Crippen molar-refractivity contribution in [1.82, 2.24) is 14.1 Å². The predicted molar refractivity (Wildman–Crippen MR) is 69.8 cm³/mol. The first-order chi connectivity index (χ1) is 8.56. The van der Waals surface area contributed by atoms with Crippen LogP contribution in [0, 0.1) is 0 Å². The molecule has 0 aromatic carbocycles. The quantitative estimate of drug-likeness (QED) is 0.818. The smallest absolute Gasteiger partial charge is 0.259 e. The summed E-state index contributed by atoms with van der Waals surface area (Å²) in [7, 11) is -3.68. The normalized spacial score (nSPS) is 12.3. The van der Waals surface area contributed by atoms with Gasteiger partial charge in [0.1, 0.15) is 0 Å². The average molecular weight is 310 g/mol. The average Bonchev–Trinajstić information content (AvgIpc) is 2.83. The molecule has 6 nitrogen and oxygen atoms in total. The Morgan fingerprint density at radius 3 is 3.11 bits per heavy atom. The first-order valence-electron chi connectivity index (χ1n) is 5.24. The van der Waals surface area contributed by atoms with Gasteiger partial charge in [0.2, 0.25) is 0 Å². The van der Waals surface area contributed by atoms with Crippen LogP contribution in [0.3, 0.4) is 0 Å². The molecule has 0 radical (unpaired) electrons. The molecular formula is C9H12ClN3O3S2. The molecular weight excluding hydrogens is 298 g/mol. The number of ether oxygens (including phenoxy) is 1. The van der Waals surface area contributed by atoms with E-state index in [-0.39, 0.29) is 16.7 Å². The van der Waals surface area contributed by atoms with Crippen molar-refractivity contribution in [3.05, 3.63) is 16.7 Å². The van der Waals surface area contributed by atoms with Gasteiger partial charge >= 0.3 is 0 Å². The van der Waals surface area contributed by atoms with Gasteiger partial charge in [-0.1, -0.05) is 11.6 Å². The van der Waals surface area contributed by atoms with Gasteiger partial charge in [-0.3, -0.25) is 4.40 Å². The zero-order valence-corrected chi connectivity index (χ0v) is 12.0. The fraction of sp³-hybridized carbons (Fsp3) is 0.444. The molecule has 0 unspecified atom stereocenters. The van der Waals surface area contributed by atoms with Crippen LogP contribution in [0.25, 0.3) is 4.96 Å². The van der Waals surface area contributed by atoms with Crippen LogP contribution in [0.2, 0.25) is 5.15 Å². The molecule has 1 N–H and O–H groups in total. The van der Waals surface area contributed by atoms with E-state index < -0.39 is 10.0 Å². The maximum atomic E-state index is 12.1. The number of hydrogen-bond donors (Lipinski definition) is 1. The van der Waals surface area contributed by atoms with Crippen LogP contribution in [0.15, 0.2) is 16.6 Å². The Morgan fingerprint density at radius 2 is 2.39 bits per heavy atom. The lowest BCUT2D eigenvalue weighted by molar-refractivity contribution is 0.153. The molecule has 100 valence electrons. The molecule has 0 bridgehead atoms. The van der Waals surface area contributed by atoms with Crippen molar-refractivity contribution in [3.8, 4) is 0 Å². The molecule has 2 aromatic heterocycles. The topological polar surface area (TPSA) is 72.7 Å². The molecule has 9 heteroatoms. The number of imidazole rings is 1. The predicted octanol–water partition coefficient (Wildman–Crippen LogP) is 1.36. The van der Waals surface area contributed by atoms with Crippen molar-refractivity contribution in [1.29, 1.82) is 0 Å². The number of rotatable bonds is 6. The van der Waals surface area contributed by atoms with Crippen LogP contribution >= 0.6 is 22.9 Å². The molecule has 18 heavy (non-hydrogen) atoms. The van der Waals surface area contributed by atoms with Crippen molar-refractivity contribution in [2.45, 2.75) is 11.9 Å². The Hall–Kier alpha value is -0.670. The van der Waals surface area contributed by atoms with Crippen molar-refractivity contribution in [2.75, 3.05) is 19.8 Å². The molecule has 2 aromatic rings. The lowest BCUT2D eigenvalue weighted by atomic mass is 10.7. The van der Waals surface area contributed by atoms with E-state index in [2.05, 4.69) is 9.71 Å². The Labute approximate surface area is 114 Å². The zero-order chi connectivity index (χ0) is 13.2. The van der Waals surface area contributed by atoms with Gasteiger partial charge < -0.3 is 4.74 Å². The van der Waals surface area contributed by atoms with Gasteiger partial charge in [0, 0.05) is 24.7 Å². The second-order valence-electron chi connectivity index (χ2n) is 3.36. The van der Waals surface area contributed by atoms with Gasteiger partial charge in [0.25, 0.3) is 10.0 Å². The molecule has 0 aliphatic heterocycles. The van der Waals surface area contributed by atoms with Crippen LogP contribution in [0.1, 0.15) is 6.92 Å². The largest absolute Gasteiger partial charge is 0.380 e. The summed E-state index contributed by atoms with van der Waals surface area (Å²) in [6, 6.07) is 0. The van der Waals surface area contributed by atoms with Gasteiger partial charge in [-0.05, 0) is 6.92 Å². The number of thiazole rings is 1. The van der Waals surface area contributed by atoms with E-state index in [1.54, 1.807) is 11.6 Å². The molecule has 2 heterocycles.